The number of rotatable bonds is 13. The molecule has 6 atom stereocenters. The lowest BCUT2D eigenvalue weighted by Crippen LogP contribution is -2.53. The number of aromatic nitrogens is 2. The first-order valence-electron chi connectivity index (χ1n) is 28.1. The number of likely N-dealkylation sites (tertiary alicyclic amines) is 2. The van der Waals surface area contributed by atoms with Crippen LogP contribution in [0.2, 0.25) is 0 Å². The van der Waals surface area contributed by atoms with E-state index in [0.717, 1.165) is 55.8 Å². The maximum absolute atomic E-state index is 14.4. The van der Waals surface area contributed by atoms with Crippen LogP contribution in [-0.2, 0) is 54.7 Å². The molecular formula is C61H65N9O14. The van der Waals surface area contributed by atoms with Crippen molar-refractivity contribution in [3.8, 4) is 45.4 Å². The minimum absolute atomic E-state index is 0.0738. The third kappa shape index (κ3) is 10.7. The van der Waals surface area contributed by atoms with E-state index in [1.165, 1.54) is 14.2 Å². The lowest BCUT2D eigenvalue weighted by molar-refractivity contribution is -0.136. The highest BCUT2D eigenvalue weighted by atomic mass is 16.7. The molecule has 12 rings (SSSR count). The van der Waals surface area contributed by atoms with Gasteiger partial charge in [0.2, 0.25) is 25.4 Å². The van der Waals surface area contributed by atoms with Gasteiger partial charge in [-0.1, -0.05) is 88.4 Å². The largest absolute Gasteiger partial charge is 0.454 e. The molecule has 6 amide bonds. The first-order valence-corrected chi connectivity index (χ1v) is 28.1. The van der Waals surface area contributed by atoms with E-state index in [9.17, 15) is 28.8 Å². The third-order valence-electron chi connectivity index (χ3n) is 16.7. The molecule has 3 N–H and O–H groups in total. The molecular weight excluding hydrogens is 1080 g/mol. The number of allylic oxidation sites excluding steroid dienone is 1. The van der Waals surface area contributed by atoms with Gasteiger partial charge in [-0.25, -0.2) is 24.2 Å². The highest BCUT2D eigenvalue weighted by molar-refractivity contribution is 6.04. The molecule has 1 aromatic heterocycles. The predicted molar refractivity (Wildman–Crippen MR) is 301 cm³/mol. The third-order valence-corrected chi connectivity index (χ3v) is 16.7. The van der Waals surface area contributed by atoms with Crippen molar-refractivity contribution in [2.75, 3.05) is 40.9 Å². The summed E-state index contributed by atoms with van der Waals surface area (Å²) in [5.74, 6) is 1.80. The molecule has 7 aliphatic heterocycles. The van der Waals surface area contributed by atoms with Crippen molar-refractivity contribution in [3.63, 3.8) is 0 Å². The van der Waals surface area contributed by atoms with Crippen LogP contribution in [0.15, 0.2) is 90.2 Å². The summed E-state index contributed by atoms with van der Waals surface area (Å²) in [6.45, 7) is 9.05. The van der Waals surface area contributed by atoms with Crippen molar-refractivity contribution < 1.29 is 66.7 Å². The van der Waals surface area contributed by atoms with Gasteiger partial charge in [0.15, 0.2) is 23.0 Å². The van der Waals surface area contributed by atoms with Gasteiger partial charge in [0.1, 0.15) is 30.1 Å². The van der Waals surface area contributed by atoms with Crippen molar-refractivity contribution in [2.24, 2.45) is 16.8 Å². The zero-order chi connectivity index (χ0) is 58.5. The number of nitrogens with zero attached hydrogens (tertiary/aromatic N) is 6. The second-order valence-electron chi connectivity index (χ2n) is 22.6. The van der Waals surface area contributed by atoms with Gasteiger partial charge >= 0.3 is 24.4 Å². The molecule has 0 bridgehead atoms. The molecule has 84 heavy (non-hydrogen) atoms. The predicted octanol–water partition coefficient (Wildman–Crippen LogP) is 8.06. The van der Waals surface area contributed by atoms with Crippen LogP contribution in [0.1, 0.15) is 86.6 Å². The number of H-pyrrole nitrogens is 1. The van der Waals surface area contributed by atoms with Crippen molar-refractivity contribution in [3.05, 3.63) is 119 Å². The van der Waals surface area contributed by atoms with Gasteiger partial charge in [0, 0.05) is 55.4 Å². The standard InChI is InChI=1S/C61H65N9O14/c1-32(2)51(65-58(73)77-5)56(71)69-26-41(83-60(75)67-24-38-15-17-49-53(43(38)28-67)81-30-79-49)20-47(69)45-19-40(22-62-45)36-9-7-34(8-10-36)35-11-13-37(14-12-35)46-23-63-55(64-46)48-21-42(27-70(48)57(72)52(33(3)4)66-59(74)78-6)84-61(76)68-25-39-16-18-50-54(44(39)29-68)82-31-80-50/h7-18,22-23,32-33,41-42,47-48,51-52H,19-21,24-31H2,1-6H3,(H,63,64)(H,65,73)(H,66,74)/t41-,42-,47+,48+,51+,52+/m1/s1. The lowest BCUT2D eigenvalue weighted by atomic mass is 9.95. The molecule has 0 saturated carbocycles. The zero-order valence-electron chi connectivity index (χ0n) is 47.4. The Morgan fingerprint density at radius 1 is 0.595 bits per heavy atom. The first kappa shape index (κ1) is 55.3. The number of hydrogen-bond donors (Lipinski definition) is 3. The number of aliphatic imine (C=N–C) groups is 1. The summed E-state index contributed by atoms with van der Waals surface area (Å²) < 4.78 is 44.5. The number of carbonyl (C=O) groups is 6. The van der Waals surface area contributed by atoms with Gasteiger partial charge in [0.25, 0.3) is 0 Å². The van der Waals surface area contributed by atoms with Gasteiger partial charge in [-0.15, -0.1) is 0 Å². The van der Waals surface area contributed by atoms with E-state index in [1.807, 2.05) is 107 Å². The molecule has 2 fully saturated rings. The van der Waals surface area contributed by atoms with E-state index in [0.29, 0.717) is 73.5 Å². The Labute approximate surface area is 484 Å². The quantitative estimate of drug-likeness (QED) is 0.0943. The average molecular weight is 1150 g/mol. The summed E-state index contributed by atoms with van der Waals surface area (Å²) in [7, 11) is 2.49. The number of ether oxygens (including phenoxy) is 8. The van der Waals surface area contributed by atoms with E-state index in [2.05, 4.69) is 15.6 Å². The number of carbonyl (C=O) groups excluding carboxylic acids is 6. The van der Waals surface area contributed by atoms with Crippen molar-refractivity contribution >= 4 is 47.5 Å². The summed E-state index contributed by atoms with van der Waals surface area (Å²) in [6, 6.07) is 20.7. The molecule has 23 nitrogen and oxygen atoms in total. The van der Waals surface area contributed by atoms with E-state index in [4.69, 9.17) is 47.9 Å². The van der Waals surface area contributed by atoms with Crippen molar-refractivity contribution in [1.82, 2.24) is 40.2 Å². The molecule has 5 aromatic rings. The highest BCUT2D eigenvalue weighted by Crippen LogP contribution is 2.44. The van der Waals surface area contributed by atoms with Crippen LogP contribution in [0.3, 0.4) is 0 Å². The summed E-state index contributed by atoms with van der Waals surface area (Å²) in [5.41, 5.74) is 9.82. The number of amides is 6. The van der Waals surface area contributed by atoms with Gasteiger partial charge in [0.05, 0.1) is 64.4 Å². The summed E-state index contributed by atoms with van der Waals surface area (Å²) in [4.78, 5) is 101. The van der Waals surface area contributed by atoms with Crippen molar-refractivity contribution in [1.29, 1.82) is 0 Å². The molecule has 0 aliphatic carbocycles. The van der Waals surface area contributed by atoms with E-state index >= 15 is 0 Å². The second kappa shape index (κ2) is 22.8. The Morgan fingerprint density at radius 3 is 1.57 bits per heavy atom. The number of methoxy groups -OCH3 is 2. The normalized spacial score (nSPS) is 20.6. The van der Waals surface area contributed by atoms with Crippen LogP contribution in [0.25, 0.3) is 28.0 Å². The summed E-state index contributed by atoms with van der Waals surface area (Å²) in [5, 5.41) is 5.39. The topological polar surface area (TPSA) is 254 Å². The maximum Gasteiger partial charge on any atom is 0.410 e. The van der Waals surface area contributed by atoms with Crippen molar-refractivity contribution in [2.45, 2.75) is 110 Å². The van der Waals surface area contributed by atoms with Crippen LogP contribution in [0, 0.1) is 11.8 Å². The Morgan fingerprint density at radius 2 is 1.07 bits per heavy atom. The summed E-state index contributed by atoms with van der Waals surface area (Å²) in [6.07, 6.45) is 0.739. The number of hydrogen-bond acceptors (Lipinski definition) is 16. The highest BCUT2D eigenvalue weighted by Gasteiger charge is 2.46. The van der Waals surface area contributed by atoms with Gasteiger partial charge < -0.3 is 63.3 Å². The number of fused-ring (bicyclic) bond motifs is 6. The Balaban J connectivity index is 0.705. The molecule has 438 valence electrons. The van der Waals surface area contributed by atoms with E-state index in [-0.39, 0.29) is 56.7 Å². The number of alkyl carbamates (subject to hydrolysis) is 2. The molecule has 7 aliphatic rings. The average Bonchev–Trinajstić information content (AvgIpc) is 4.48. The second-order valence-corrected chi connectivity index (χ2v) is 22.6. The van der Waals surface area contributed by atoms with E-state index in [1.54, 1.807) is 25.8 Å². The molecule has 2 saturated heterocycles. The fourth-order valence-corrected chi connectivity index (χ4v) is 12.2. The summed E-state index contributed by atoms with van der Waals surface area (Å²) >= 11 is 0. The van der Waals surface area contributed by atoms with Crippen LogP contribution in [0.5, 0.6) is 23.0 Å². The van der Waals surface area contributed by atoms with Crippen LogP contribution in [0.4, 0.5) is 19.2 Å². The number of imidazole rings is 1. The minimum atomic E-state index is -0.923. The SMILES string of the molecule is COC(=O)N[C@H](C(=O)N1C[C@H](OC(=O)N2Cc3ccc4c(c3C2)OCO4)C[C@H]1C1=NC=C(c2ccc(-c3ccc(-c4cnc([C@@H]5C[C@@H](OC(=O)N6Cc7ccc8c(c7C6)OCO8)CN5C(=O)[C@@H](NC(=O)OC)C(C)C)[nH]4)cc3)cc2)C1)C(C)C. The lowest BCUT2D eigenvalue weighted by Gasteiger charge is -2.30. The Hall–Kier alpha value is -9.28. The van der Waals surface area contributed by atoms with Gasteiger partial charge in [-0.05, 0) is 62.9 Å². The van der Waals surface area contributed by atoms with Crippen LogP contribution in [-0.4, -0.2) is 143 Å². The molecule has 0 radical (unpaired) electrons. The van der Waals surface area contributed by atoms with Gasteiger partial charge in [-0.2, -0.15) is 0 Å². The first-order chi connectivity index (χ1) is 40.6. The molecule has 8 heterocycles. The number of benzene rings is 4. The van der Waals surface area contributed by atoms with Gasteiger partial charge in [-0.3, -0.25) is 24.4 Å². The Kier molecular flexibility index (Phi) is 15.0. The molecule has 4 aromatic carbocycles. The number of aromatic amines is 1. The minimum Gasteiger partial charge on any atom is -0.454 e. The molecule has 0 spiro atoms. The van der Waals surface area contributed by atoms with Crippen LogP contribution < -0.4 is 29.6 Å². The molecule has 23 heteroatoms. The number of nitrogens with one attached hydrogen (secondary N) is 3. The van der Waals surface area contributed by atoms with Crippen LogP contribution >= 0.6 is 0 Å². The smallest absolute Gasteiger partial charge is 0.410 e. The van der Waals surface area contributed by atoms with E-state index < -0.39 is 60.7 Å². The zero-order valence-corrected chi connectivity index (χ0v) is 47.4. The monoisotopic (exact) mass is 1150 g/mol. The fraction of sp³-hybridized carbons (Fsp3) is 0.410. The fourth-order valence-electron chi connectivity index (χ4n) is 12.2. The Bertz CT molecular complexity index is 3490. The maximum atomic E-state index is 14.4. The molecule has 0 unspecified atom stereocenters.